The number of nitriles is 1. The number of hydrogen-bond acceptors (Lipinski definition) is 3. The van der Waals surface area contributed by atoms with E-state index in [0.717, 1.165) is 29.0 Å². The van der Waals surface area contributed by atoms with E-state index in [9.17, 15) is 5.26 Å². The molecule has 2 aromatic rings. The van der Waals surface area contributed by atoms with Gasteiger partial charge in [0.1, 0.15) is 6.07 Å². The van der Waals surface area contributed by atoms with Gasteiger partial charge in [0.2, 0.25) is 0 Å². The van der Waals surface area contributed by atoms with E-state index in [1.807, 2.05) is 24.5 Å². The molecule has 0 unspecified atom stereocenters. The van der Waals surface area contributed by atoms with Gasteiger partial charge in [-0.25, -0.2) is 0 Å². The smallest absolute Gasteiger partial charge is 0.102 e. The second kappa shape index (κ2) is 5.60. The molecule has 1 aliphatic rings. The van der Waals surface area contributed by atoms with Gasteiger partial charge in [-0.2, -0.15) is 5.26 Å². The van der Waals surface area contributed by atoms with Crippen LogP contribution in [0.2, 0.25) is 0 Å². The predicted octanol–water partition coefficient (Wildman–Crippen LogP) is 3.86. The summed E-state index contributed by atoms with van der Waals surface area (Å²) in [6.45, 7) is 0. The van der Waals surface area contributed by atoms with Gasteiger partial charge >= 0.3 is 0 Å². The minimum atomic E-state index is 0.386. The third-order valence-corrected chi connectivity index (χ3v) is 4.55. The van der Waals surface area contributed by atoms with Crippen molar-refractivity contribution in [2.45, 2.75) is 23.8 Å². The first-order valence-corrected chi connectivity index (χ1v) is 7.94. The minimum Gasteiger partial charge on any atom is -0.381 e. The van der Waals surface area contributed by atoms with Crippen LogP contribution < -0.4 is 5.32 Å². The summed E-state index contributed by atoms with van der Waals surface area (Å²) in [6, 6.07) is 17.3. The van der Waals surface area contributed by atoms with E-state index in [1.165, 1.54) is 11.1 Å². The number of hydrogen-bond donors (Lipinski definition) is 1. The molecule has 100 valence electrons. The van der Waals surface area contributed by atoms with Gasteiger partial charge in [-0.15, -0.1) is 11.8 Å². The second-order valence-corrected chi connectivity index (χ2v) is 5.86. The molecule has 0 bridgehead atoms. The largest absolute Gasteiger partial charge is 0.381 e. The number of rotatable bonds is 3. The van der Waals surface area contributed by atoms with Crippen molar-refractivity contribution in [1.29, 1.82) is 5.26 Å². The van der Waals surface area contributed by atoms with Gasteiger partial charge in [-0.05, 0) is 42.4 Å². The van der Waals surface area contributed by atoms with Gasteiger partial charge < -0.3 is 5.32 Å². The van der Waals surface area contributed by atoms with Crippen molar-refractivity contribution in [2.24, 2.45) is 0 Å². The lowest BCUT2D eigenvalue weighted by Gasteiger charge is -2.16. The molecule has 0 atom stereocenters. The number of nitrogens with one attached hydrogen (secondary N) is 1. The molecule has 1 N–H and O–H groups in total. The van der Waals surface area contributed by atoms with Crippen LogP contribution in [0.5, 0.6) is 0 Å². The van der Waals surface area contributed by atoms with Crippen molar-refractivity contribution in [3.8, 4) is 6.07 Å². The Kier molecular flexibility index (Phi) is 3.66. The molecule has 3 heteroatoms. The van der Waals surface area contributed by atoms with E-state index in [4.69, 9.17) is 0 Å². The Labute approximate surface area is 123 Å². The fourth-order valence-corrected chi connectivity index (χ4v) is 3.39. The van der Waals surface area contributed by atoms with E-state index < -0.39 is 0 Å². The first-order valence-electron chi connectivity index (χ1n) is 6.72. The van der Waals surface area contributed by atoms with Gasteiger partial charge in [0.15, 0.2) is 0 Å². The van der Waals surface area contributed by atoms with Gasteiger partial charge in [-0.3, -0.25) is 0 Å². The first kappa shape index (κ1) is 13.1. The fraction of sp³-hybridized carbons (Fsp3) is 0.235. The van der Waals surface area contributed by atoms with Crippen LogP contribution in [0.25, 0.3) is 0 Å². The standard InChI is InChI=1S/C17H16N2S/c1-20-17-8-4-7-16(15(17)11-18)19-14-9-12-5-2-3-6-13(12)10-14/h2-8,14,19H,9-10H2,1H3. The van der Waals surface area contributed by atoms with Crippen LogP contribution in [0, 0.1) is 11.3 Å². The quantitative estimate of drug-likeness (QED) is 0.867. The van der Waals surface area contributed by atoms with Crippen LogP contribution in [0.15, 0.2) is 47.4 Å². The molecule has 0 aromatic heterocycles. The van der Waals surface area contributed by atoms with Crippen molar-refractivity contribution < 1.29 is 0 Å². The number of nitrogens with zero attached hydrogens (tertiary/aromatic N) is 1. The molecule has 3 rings (SSSR count). The molecule has 2 aromatic carbocycles. The molecule has 20 heavy (non-hydrogen) atoms. The van der Waals surface area contributed by atoms with Crippen molar-refractivity contribution in [3.05, 3.63) is 59.2 Å². The number of fused-ring (bicyclic) bond motifs is 1. The Bertz CT molecular complexity index is 648. The van der Waals surface area contributed by atoms with Crippen LogP contribution in [0.4, 0.5) is 5.69 Å². The SMILES string of the molecule is CSc1cccc(NC2Cc3ccccc3C2)c1C#N. The maximum absolute atomic E-state index is 9.37. The summed E-state index contributed by atoms with van der Waals surface area (Å²) in [5.41, 5.74) is 4.56. The zero-order valence-corrected chi connectivity index (χ0v) is 12.2. The first-order chi connectivity index (χ1) is 9.81. The van der Waals surface area contributed by atoms with Gasteiger partial charge in [0, 0.05) is 10.9 Å². The number of thioether (sulfide) groups is 1. The lowest BCUT2D eigenvalue weighted by atomic mass is 10.1. The molecule has 0 saturated carbocycles. The summed E-state index contributed by atoms with van der Waals surface area (Å²) in [7, 11) is 0. The molecule has 0 spiro atoms. The van der Waals surface area contributed by atoms with E-state index in [2.05, 4.69) is 35.7 Å². The van der Waals surface area contributed by atoms with Crippen LogP contribution >= 0.6 is 11.8 Å². The Morgan fingerprint density at radius 1 is 1.10 bits per heavy atom. The van der Waals surface area contributed by atoms with E-state index in [1.54, 1.807) is 11.8 Å². The fourth-order valence-electron chi connectivity index (χ4n) is 2.82. The highest BCUT2D eigenvalue weighted by atomic mass is 32.2. The van der Waals surface area contributed by atoms with Crippen molar-refractivity contribution >= 4 is 17.4 Å². The third kappa shape index (κ3) is 2.39. The molecule has 0 saturated heterocycles. The molecule has 0 aliphatic heterocycles. The van der Waals surface area contributed by atoms with Crippen LogP contribution in [-0.4, -0.2) is 12.3 Å². The maximum Gasteiger partial charge on any atom is 0.102 e. The maximum atomic E-state index is 9.37. The zero-order valence-electron chi connectivity index (χ0n) is 11.4. The van der Waals surface area contributed by atoms with Crippen molar-refractivity contribution in [3.63, 3.8) is 0 Å². The Balaban J connectivity index is 1.82. The molecule has 1 aliphatic carbocycles. The number of benzene rings is 2. The lowest BCUT2D eigenvalue weighted by molar-refractivity contribution is 0.773. The normalized spacial score (nSPS) is 13.8. The van der Waals surface area contributed by atoms with Gasteiger partial charge in [0.05, 0.1) is 11.3 Å². The van der Waals surface area contributed by atoms with E-state index in [0.29, 0.717) is 6.04 Å². The van der Waals surface area contributed by atoms with Gasteiger partial charge in [0.25, 0.3) is 0 Å². The minimum absolute atomic E-state index is 0.386. The highest BCUT2D eigenvalue weighted by Gasteiger charge is 2.21. The topological polar surface area (TPSA) is 35.8 Å². The monoisotopic (exact) mass is 280 g/mol. The Morgan fingerprint density at radius 2 is 1.80 bits per heavy atom. The molecule has 0 fully saturated rings. The molecule has 0 radical (unpaired) electrons. The summed E-state index contributed by atoms with van der Waals surface area (Å²) in [6.07, 6.45) is 4.07. The predicted molar refractivity (Wildman–Crippen MR) is 84.2 cm³/mol. The molecule has 0 amide bonds. The average molecular weight is 280 g/mol. The molecular weight excluding hydrogens is 264 g/mol. The molecular formula is C17H16N2S. The van der Waals surface area contributed by atoms with Crippen molar-refractivity contribution in [1.82, 2.24) is 0 Å². The lowest BCUT2D eigenvalue weighted by Crippen LogP contribution is -2.20. The van der Waals surface area contributed by atoms with E-state index >= 15 is 0 Å². The second-order valence-electron chi connectivity index (χ2n) is 5.01. The summed E-state index contributed by atoms with van der Waals surface area (Å²) < 4.78 is 0. The van der Waals surface area contributed by atoms with Crippen molar-refractivity contribution in [2.75, 3.05) is 11.6 Å². The summed E-state index contributed by atoms with van der Waals surface area (Å²) >= 11 is 1.62. The summed E-state index contributed by atoms with van der Waals surface area (Å²) in [4.78, 5) is 1.04. The summed E-state index contributed by atoms with van der Waals surface area (Å²) in [5, 5.41) is 12.9. The number of anilines is 1. The Morgan fingerprint density at radius 3 is 2.40 bits per heavy atom. The van der Waals surface area contributed by atoms with Crippen LogP contribution in [0.3, 0.4) is 0 Å². The average Bonchev–Trinajstić information content (AvgIpc) is 2.89. The highest BCUT2D eigenvalue weighted by Crippen LogP contribution is 2.29. The zero-order chi connectivity index (χ0) is 13.9. The van der Waals surface area contributed by atoms with E-state index in [-0.39, 0.29) is 0 Å². The van der Waals surface area contributed by atoms with Crippen LogP contribution in [0.1, 0.15) is 16.7 Å². The molecule has 2 nitrogen and oxygen atoms in total. The highest BCUT2D eigenvalue weighted by molar-refractivity contribution is 7.98. The molecule has 0 heterocycles. The summed E-state index contributed by atoms with van der Waals surface area (Å²) in [5.74, 6) is 0. The Hall–Kier alpha value is -1.92. The third-order valence-electron chi connectivity index (χ3n) is 3.77. The van der Waals surface area contributed by atoms with Gasteiger partial charge in [-0.1, -0.05) is 30.3 Å². The van der Waals surface area contributed by atoms with Crippen LogP contribution in [-0.2, 0) is 12.8 Å².